The number of benzene rings is 1. The van der Waals surface area contributed by atoms with Crippen LogP contribution in [0, 0.1) is 0 Å². The summed E-state index contributed by atoms with van der Waals surface area (Å²) in [5, 5.41) is -0.277. The molecule has 0 aliphatic heterocycles. The van der Waals surface area contributed by atoms with Gasteiger partial charge >= 0.3 is 0 Å². The molecule has 0 aliphatic rings. The molecule has 8 heteroatoms. The second kappa shape index (κ2) is 7.05. The second-order valence-corrected chi connectivity index (χ2v) is 7.84. The Labute approximate surface area is 122 Å². The van der Waals surface area contributed by atoms with Gasteiger partial charge in [0.25, 0.3) is 0 Å². The van der Waals surface area contributed by atoms with E-state index in [1.165, 1.54) is 18.4 Å². The van der Waals surface area contributed by atoms with E-state index in [-0.39, 0.29) is 22.4 Å². The van der Waals surface area contributed by atoms with Crippen molar-refractivity contribution in [3.63, 3.8) is 0 Å². The molecule has 20 heavy (non-hydrogen) atoms. The van der Waals surface area contributed by atoms with Crippen molar-refractivity contribution in [1.82, 2.24) is 4.72 Å². The maximum atomic E-state index is 12.3. The Morgan fingerprint density at radius 1 is 1.45 bits per heavy atom. The van der Waals surface area contributed by atoms with E-state index in [2.05, 4.69) is 4.72 Å². The lowest BCUT2D eigenvalue weighted by Crippen LogP contribution is -2.32. The molecule has 0 radical (unpaired) electrons. The Bertz CT molecular complexity index is 587. The van der Waals surface area contributed by atoms with Gasteiger partial charge in [-0.1, -0.05) is 0 Å². The molecule has 0 saturated carbocycles. The van der Waals surface area contributed by atoms with Crippen LogP contribution in [0.4, 0.5) is 5.69 Å². The van der Waals surface area contributed by atoms with Crippen molar-refractivity contribution < 1.29 is 17.4 Å². The summed E-state index contributed by atoms with van der Waals surface area (Å²) in [6.07, 6.45) is 1.53. The highest BCUT2D eigenvalue weighted by atomic mass is 32.2. The third-order valence-electron chi connectivity index (χ3n) is 2.68. The predicted molar refractivity (Wildman–Crippen MR) is 80.7 cm³/mol. The van der Waals surface area contributed by atoms with Crippen molar-refractivity contribution in [2.24, 2.45) is 0 Å². The number of nitrogens with two attached hydrogens (primary N) is 1. The minimum atomic E-state index is -3.75. The molecule has 2 atom stereocenters. The van der Waals surface area contributed by atoms with Crippen molar-refractivity contribution >= 4 is 26.5 Å². The molecular formula is C12H20N2O4S2. The molecule has 0 saturated heterocycles. The zero-order valence-electron chi connectivity index (χ0n) is 11.8. The van der Waals surface area contributed by atoms with Gasteiger partial charge in [-0.25, -0.2) is 13.1 Å². The summed E-state index contributed by atoms with van der Waals surface area (Å²) in [7, 11) is -4.85. The lowest BCUT2D eigenvalue weighted by molar-refractivity contribution is 0.331. The van der Waals surface area contributed by atoms with Crippen LogP contribution in [-0.2, 0) is 20.8 Å². The molecule has 1 rings (SSSR count). The van der Waals surface area contributed by atoms with Gasteiger partial charge in [0.1, 0.15) is 10.6 Å². The largest absolute Gasteiger partial charge is 0.492 e. The van der Waals surface area contributed by atoms with E-state index in [1.54, 1.807) is 19.9 Å². The van der Waals surface area contributed by atoms with E-state index in [4.69, 9.17) is 10.5 Å². The van der Waals surface area contributed by atoms with Crippen LogP contribution in [0.25, 0.3) is 0 Å². The Morgan fingerprint density at radius 2 is 2.10 bits per heavy atom. The number of hydrogen-bond donors (Lipinski definition) is 2. The predicted octanol–water partition coefficient (Wildman–Crippen LogP) is 0.713. The first-order valence-electron chi connectivity index (χ1n) is 6.12. The number of nitrogen functional groups attached to an aromatic ring is 1. The summed E-state index contributed by atoms with van der Waals surface area (Å²) >= 11 is 0. The first-order valence-corrected chi connectivity index (χ1v) is 9.22. The number of ether oxygens (including phenoxy) is 1. The van der Waals surface area contributed by atoms with Gasteiger partial charge in [0.2, 0.25) is 10.0 Å². The van der Waals surface area contributed by atoms with E-state index in [0.29, 0.717) is 12.3 Å². The zero-order valence-corrected chi connectivity index (χ0v) is 13.4. The minimum absolute atomic E-state index is 0.00608. The summed E-state index contributed by atoms with van der Waals surface area (Å²) in [5.41, 5.74) is 5.96. The lowest BCUT2D eigenvalue weighted by atomic mass is 10.3. The summed E-state index contributed by atoms with van der Waals surface area (Å²) < 4.78 is 43.5. The highest BCUT2D eigenvalue weighted by Gasteiger charge is 2.21. The fourth-order valence-corrected chi connectivity index (χ4v) is 3.16. The molecule has 0 aliphatic carbocycles. The fraction of sp³-hybridized carbons (Fsp3) is 0.500. The average molecular weight is 320 g/mol. The van der Waals surface area contributed by atoms with Gasteiger partial charge in [-0.3, -0.25) is 4.21 Å². The number of hydrogen-bond acceptors (Lipinski definition) is 5. The fourth-order valence-electron chi connectivity index (χ4n) is 1.43. The van der Waals surface area contributed by atoms with E-state index >= 15 is 0 Å². The van der Waals surface area contributed by atoms with Gasteiger partial charge < -0.3 is 10.5 Å². The first kappa shape index (κ1) is 16.9. The monoisotopic (exact) mass is 320 g/mol. The SMILES string of the molecule is CCOc1ccc(N)cc1S(=O)(=O)NCC(C)S(C)=O. The van der Waals surface area contributed by atoms with Crippen LogP contribution in [0.1, 0.15) is 13.8 Å². The molecule has 1 aromatic carbocycles. The number of sulfonamides is 1. The molecule has 0 fully saturated rings. The van der Waals surface area contributed by atoms with Crippen molar-refractivity contribution in [2.75, 3.05) is 25.1 Å². The highest BCUT2D eigenvalue weighted by Crippen LogP contribution is 2.26. The third-order valence-corrected chi connectivity index (χ3v) is 5.43. The Morgan fingerprint density at radius 3 is 2.65 bits per heavy atom. The van der Waals surface area contributed by atoms with Crippen LogP contribution < -0.4 is 15.2 Å². The maximum absolute atomic E-state index is 12.3. The Balaban J connectivity index is 3.02. The molecule has 114 valence electrons. The van der Waals surface area contributed by atoms with Gasteiger partial charge in [0.05, 0.1) is 6.61 Å². The van der Waals surface area contributed by atoms with Gasteiger partial charge in [0.15, 0.2) is 0 Å². The second-order valence-electron chi connectivity index (χ2n) is 4.30. The zero-order chi connectivity index (χ0) is 15.3. The topological polar surface area (TPSA) is 98.5 Å². The van der Waals surface area contributed by atoms with E-state index in [1.807, 2.05) is 0 Å². The van der Waals surface area contributed by atoms with Gasteiger partial charge in [0, 0.05) is 34.5 Å². The van der Waals surface area contributed by atoms with Crippen molar-refractivity contribution in [2.45, 2.75) is 24.0 Å². The molecule has 0 amide bonds. The number of rotatable bonds is 7. The van der Waals surface area contributed by atoms with Crippen molar-refractivity contribution in [3.05, 3.63) is 18.2 Å². The van der Waals surface area contributed by atoms with E-state index in [0.717, 1.165) is 0 Å². The summed E-state index contributed by atoms with van der Waals surface area (Å²) in [6.45, 7) is 3.91. The van der Waals surface area contributed by atoms with Gasteiger partial charge in [-0.2, -0.15) is 0 Å². The summed E-state index contributed by atoms with van der Waals surface area (Å²) in [4.78, 5) is -0.00608. The molecule has 1 aromatic rings. The van der Waals surface area contributed by atoms with Gasteiger partial charge in [-0.15, -0.1) is 0 Å². The van der Waals surface area contributed by atoms with Crippen LogP contribution in [-0.4, -0.2) is 37.3 Å². The van der Waals surface area contributed by atoms with Gasteiger partial charge in [-0.05, 0) is 32.0 Å². The Hall–Kier alpha value is -1.12. The first-order chi connectivity index (χ1) is 9.27. The molecule has 0 bridgehead atoms. The van der Waals surface area contributed by atoms with Crippen LogP contribution in [0.15, 0.2) is 23.1 Å². The summed E-state index contributed by atoms with van der Waals surface area (Å²) in [5.74, 6) is 0.250. The number of nitrogens with one attached hydrogen (secondary N) is 1. The normalized spacial score (nSPS) is 14.8. The molecule has 0 aromatic heterocycles. The molecule has 3 N–H and O–H groups in total. The van der Waals surface area contributed by atoms with Crippen molar-refractivity contribution in [1.29, 1.82) is 0 Å². The molecule has 6 nitrogen and oxygen atoms in total. The van der Waals surface area contributed by atoms with E-state index in [9.17, 15) is 12.6 Å². The molecule has 0 spiro atoms. The van der Waals surface area contributed by atoms with Crippen LogP contribution in [0.5, 0.6) is 5.75 Å². The van der Waals surface area contributed by atoms with E-state index < -0.39 is 20.8 Å². The van der Waals surface area contributed by atoms with Crippen LogP contribution in [0.2, 0.25) is 0 Å². The van der Waals surface area contributed by atoms with Crippen LogP contribution >= 0.6 is 0 Å². The quantitative estimate of drug-likeness (QED) is 0.721. The van der Waals surface area contributed by atoms with Crippen molar-refractivity contribution in [3.8, 4) is 5.75 Å². The third kappa shape index (κ3) is 4.46. The minimum Gasteiger partial charge on any atom is -0.492 e. The summed E-state index contributed by atoms with van der Waals surface area (Å²) in [6, 6.07) is 4.45. The molecular weight excluding hydrogens is 300 g/mol. The lowest BCUT2D eigenvalue weighted by Gasteiger charge is -2.14. The smallest absolute Gasteiger partial charge is 0.244 e. The Kier molecular flexibility index (Phi) is 5.97. The standard InChI is InChI=1S/C12H20N2O4S2/c1-4-18-11-6-5-10(13)7-12(11)20(16,17)14-8-9(2)19(3)15/h5-7,9,14H,4,8,13H2,1-3H3. The van der Waals surface area contributed by atoms with Crippen LogP contribution in [0.3, 0.4) is 0 Å². The molecule has 2 unspecified atom stereocenters. The number of anilines is 1. The highest BCUT2D eigenvalue weighted by molar-refractivity contribution is 7.89. The average Bonchev–Trinajstić information content (AvgIpc) is 2.38. The maximum Gasteiger partial charge on any atom is 0.244 e. The molecule has 0 heterocycles.